The van der Waals surface area contributed by atoms with Crippen LogP contribution in [-0.2, 0) is 21.6 Å². The first-order valence-corrected chi connectivity index (χ1v) is 8.59. The molecule has 6 heteroatoms. The summed E-state index contributed by atoms with van der Waals surface area (Å²) in [5.41, 5.74) is 2.41. The molecule has 2 aromatic rings. The average molecular weight is 358 g/mol. The molecule has 0 aliphatic rings. The third-order valence-electron chi connectivity index (χ3n) is 4.12. The number of oxazole rings is 1. The lowest BCUT2D eigenvalue weighted by Crippen LogP contribution is -2.39. The fourth-order valence-electron chi connectivity index (χ4n) is 2.32. The molecule has 1 heterocycles. The fourth-order valence-corrected chi connectivity index (χ4v) is 2.32. The number of nitrogens with one attached hydrogen (secondary N) is 1. The van der Waals surface area contributed by atoms with E-state index in [1.165, 1.54) is 0 Å². The summed E-state index contributed by atoms with van der Waals surface area (Å²) in [5, 5.41) is 2.64. The molecule has 0 saturated carbocycles. The van der Waals surface area contributed by atoms with Crippen LogP contribution >= 0.6 is 0 Å². The zero-order valence-electron chi connectivity index (χ0n) is 16.2. The molecule has 140 valence electrons. The van der Waals surface area contributed by atoms with Gasteiger partial charge in [0.25, 0.3) is 5.91 Å². The summed E-state index contributed by atoms with van der Waals surface area (Å²) in [6.07, 6.45) is 0. The number of rotatable bonds is 5. The number of esters is 1. The van der Waals surface area contributed by atoms with Crippen molar-refractivity contribution >= 4 is 11.9 Å². The minimum Gasteiger partial charge on any atom is -0.454 e. The lowest BCUT2D eigenvalue weighted by atomic mass is 9.86. The standard InChI is InChI=1S/C20H26N2O4/c1-12-14(3)26-17(21-12)11-25-19(24)13(2)22-18(23)15-7-9-16(10-8-15)20(4,5)6/h7-10,13H,11H2,1-6H3,(H,22,23)/t13-/m0/s1. The third-order valence-corrected chi connectivity index (χ3v) is 4.12. The lowest BCUT2D eigenvalue weighted by Gasteiger charge is -2.19. The van der Waals surface area contributed by atoms with E-state index in [4.69, 9.17) is 9.15 Å². The Morgan fingerprint density at radius 3 is 2.31 bits per heavy atom. The molecule has 0 unspecified atom stereocenters. The number of ether oxygens (including phenoxy) is 1. The summed E-state index contributed by atoms with van der Waals surface area (Å²) in [5.74, 6) is 0.164. The average Bonchev–Trinajstić information content (AvgIpc) is 2.90. The van der Waals surface area contributed by atoms with Crippen LogP contribution in [0.2, 0.25) is 0 Å². The van der Waals surface area contributed by atoms with E-state index in [-0.39, 0.29) is 17.9 Å². The Labute approximate surface area is 154 Å². The van der Waals surface area contributed by atoms with Crippen molar-refractivity contribution in [3.63, 3.8) is 0 Å². The van der Waals surface area contributed by atoms with E-state index >= 15 is 0 Å². The molecule has 1 amide bonds. The molecule has 0 saturated heterocycles. The van der Waals surface area contributed by atoms with Crippen LogP contribution in [0.1, 0.15) is 61.0 Å². The normalized spacial score (nSPS) is 12.5. The van der Waals surface area contributed by atoms with Crippen molar-refractivity contribution in [2.75, 3.05) is 0 Å². The van der Waals surface area contributed by atoms with Gasteiger partial charge in [-0.1, -0.05) is 32.9 Å². The van der Waals surface area contributed by atoms with Gasteiger partial charge in [-0.3, -0.25) is 4.79 Å². The quantitative estimate of drug-likeness (QED) is 0.828. The molecule has 1 aromatic carbocycles. The molecule has 6 nitrogen and oxygen atoms in total. The monoisotopic (exact) mass is 358 g/mol. The van der Waals surface area contributed by atoms with Gasteiger partial charge >= 0.3 is 5.97 Å². The summed E-state index contributed by atoms with van der Waals surface area (Å²) >= 11 is 0. The topological polar surface area (TPSA) is 81.4 Å². The van der Waals surface area contributed by atoms with Crippen molar-refractivity contribution in [1.29, 1.82) is 0 Å². The molecule has 0 fully saturated rings. The number of aromatic nitrogens is 1. The highest BCUT2D eigenvalue weighted by molar-refractivity contribution is 5.96. The van der Waals surface area contributed by atoms with Crippen LogP contribution in [0.4, 0.5) is 0 Å². The van der Waals surface area contributed by atoms with Crippen molar-refractivity contribution in [3.05, 3.63) is 52.7 Å². The second kappa shape index (κ2) is 7.72. The Morgan fingerprint density at radius 1 is 1.19 bits per heavy atom. The number of hydrogen-bond donors (Lipinski definition) is 1. The number of nitrogens with zero attached hydrogens (tertiary/aromatic N) is 1. The van der Waals surface area contributed by atoms with Crippen molar-refractivity contribution < 1.29 is 18.7 Å². The van der Waals surface area contributed by atoms with Gasteiger partial charge in [-0.2, -0.15) is 0 Å². The van der Waals surface area contributed by atoms with Crippen molar-refractivity contribution in [1.82, 2.24) is 10.3 Å². The van der Waals surface area contributed by atoms with Crippen LogP contribution in [0.3, 0.4) is 0 Å². The molecular formula is C20H26N2O4. The van der Waals surface area contributed by atoms with Crippen LogP contribution in [0.25, 0.3) is 0 Å². The number of hydrogen-bond acceptors (Lipinski definition) is 5. The van der Waals surface area contributed by atoms with E-state index in [1.54, 1.807) is 26.0 Å². The molecule has 2 rings (SSSR count). The summed E-state index contributed by atoms with van der Waals surface area (Å²) in [4.78, 5) is 28.5. The molecular weight excluding hydrogens is 332 g/mol. The zero-order valence-corrected chi connectivity index (χ0v) is 16.2. The highest BCUT2D eigenvalue weighted by Crippen LogP contribution is 2.22. The van der Waals surface area contributed by atoms with Gasteiger partial charge in [0, 0.05) is 5.56 Å². The summed E-state index contributed by atoms with van der Waals surface area (Å²) in [6, 6.07) is 6.58. The van der Waals surface area contributed by atoms with E-state index in [1.807, 2.05) is 19.1 Å². The molecule has 1 atom stereocenters. The first kappa shape index (κ1) is 19.7. The van der Waals surface area contributed by atoms with Gasteiger partial charge in [0.15, 0.2) is 6.61 Å². The molecule has 1 aromatic heterocycles. The van der Waals surface area contributed by atoms with Gasteiger partial charge in [0.2, 0.25) is 5.89 Å². The van der Waals surface area contributed by atoms with Crippen LogP contribution in [0, 0.1) is 13.8 Å². The van der Waals surface area contributed by atoms with Crippen molar-refractivity contribution in [2.45, 2.75) is 59.6 Å². The molecule has 0 spiro atoms. The van der Waals surface area contributed by atoms with Gasteiger partial charge in [-0.25, -0.2) is 9.78 Å². The van der Waals surface area contributed by atoms with E-state index in [0.717, 1.165) is 11.3 Å². The molecule has 1 N–H and O–H groups in total. The zero-order chi connectivity index (χ0) is 19.5. The fraction of sp³-hybridized carbons (Fsp3) is 0.450. The van der Waals surface area contributed by atoms with Crippen LogP contribution in [-0.4, -0.2) is 22.9 Å². The molecule has 0 aliphatic carbocycles. The Balaban J connectivity index is 1.90. The number of benzene rings is 1. The van der Waals surface area contributed by atoms with Crippen LogP contribution in [0.15, 0.2) is 28.7 Å². The van der Waals surface area contributed by atoms with Crippen molar-refractivity contribution in [3.8, 4) is 0 Å². The predicted octanol–water partition coefficient (Wildman–Crippen LogP) is 3.45. The molecule has 0 aliphatic heterocycles. The Morgan fingerprint density at radius 2 is 1.81 bits per heavy atom. The maximum absolute atomic E-state index is 12.3. The maximum atomic E-state index is 12.3. The maximum Gasteiger partial charge on any atom is 0.328 e. The van der Waals surface area contributed by atoms with E-state index < -0.39 is 12.0 Å². The van der Waals surface area contributed by atoms with Crippen molar-refractivity contribution in [2.24, 2.45) is 0 Å². The first-order chi connectivity index (χ1) is 12.1. The highest BCUT2D eigenvalue weighted by atomic mass is 16.5. The minimum atomic E-state index is -0.776. The van der Waals surface area contributed by atoms with Gasteiger partial charge in [-0.05, 0) is 43.9 Å². The lowest BCUT2D eigenvalue weighted by molar-refractivity contribution is -0.147. The molecule has 26 heavy (non-hydrogen) atoms. The second-order valence-electron chi connectivity index (χ2n) is 7.38. The Bertz CT molecular complexity index is 766. The Hall–Kier alpha value is -2.63. The number of carbonyl (C=O) groups excluding carboxylic acids is 2. The highest BCUT2D eigenvalue weighted by Gasteiger charge is 2.20. The SMILES string of the molecule is Cc1nc(COC(=O)[C@H](C)NC(=O)c2ccc(C(C)(C)C)cc2)oc1C. The molecule has 0 bridgehead atoms. The van der Waals surface area contributed by atoms with E-state index in [0.29, 0.717) is 17.2 Å². The summed E-state index contributed by atoms with van der Waals surface area (Å²) < 4.78 is 10.5. The second-order valence-corrected chi connectivity index (χ2v) is 7.38. The van der Waals surface area contributed by atoms with Crippen LogP contribution < -0.4 is 5.32 Å². The number of aryl methyl sites for hydroxylation is 2. The summed E-state index contributed by atoms with van der Waals surface area (Å²) in [7, 11) is 0. The van der Waals surface area contributed by atoms with Crippen LogP contribution in [0.5, 0.6) is 0 Å². The van der Waals surface area contributed by atoms with Gasteiger partial charge in [0.05, 0.1) is 5.69 Å². The van der Waals surface area contributed by atoms with E-state index in [9.17, 15) is 9.59 Å². The number of amides is 1. The predicted molar refractivity (Wildman–Crippen MR) is 97.8 cm³/mol. The van der Waals surface area contributed by atoms with Gasteiger partial charge in [0.1, 0.15) is 11.8 Å². The largest absolute Gasteiger partial charge is 0.454 e. The Kier molecular flexibility index (Phi) is 5.85. The minimum absolute atomic E-state index is 0.0166. The molecule has 0 radical (unpaired) electrons. The van der Waals surface area contributed by atoms with Gasteiger partial charge in [-0.15, -0.1) is 0 Å². The smallest absolute Gasteiger partial charge is 0.328 e. The third kappa shape index (κ3) is 4.94. The summed E-state index contributed by atoms with van der Waals surface area (Å²) in [6.45, 7) is 11.5. The van der Waals surface area contributed by atoms with Gasteiger partial charge < -0.3 is 14.5 Å². The first-order valence-electron chi connectivity index (χ1n) is 8.59. The number of carbonyl (C=O) groups is 2. The van der Waals surface area contributed by atoms with E-state index in [2.05, 4.69) is 31.1 Å².